The molecule has 18 nitrogen and oxygen atoms in total. The third kappa shape index (κ3) is 5.37. The van der Waals surface area contributed by atoms with Gasteiger partial charge < -0.3 is 79.5 Å². The molecule has 3 aromatic rings. The average Bonchev–Trinajstić information content (AvgIpc) is 3.01. The van der Waals surface area contributed by atoms with Gasteiger partial charge in [-0.05, 0) is 29.8 Å². The highest BCUT2D eigenvalue weighted by Gasteiger charge is 2.67. The summed E-state index contributed by atoms with van der Waals surface area (Å²) in [7, 11) is 0. The van der Waals surface area contributed by atoms with Crippen molar-refractivity contribution in [1.82, 2.24) is 0 Å². The lowest BCUT2D eigenvalue weighted by Crippen LogP contribution is -2.73. The molecular weight excluding hydrogens is 612 g/mol. The molecule has 11 N–H and O–H groups in total. The monoisotopic (exact) mass is 640 g/mol. The Hall–Kier alpha value is -3.92. The first-order valence-corrected chi connectivity index (χ1v) is 13.1. The van der Waals surface area contributed by atoms with Gasteiger partial charge in [-0.1, -0.05) is 6.07 Å². The van der Waals surface area contributed by atoms with E-state index in [1.807, 2.05) is 0 Å². The molecule has 2 aliphatic heterocycles. The van der Waals surface area contributed by atoms with Gasteiger partial charge in [-0.3, -0.25) is 4.79 Å². The maximum Gasteiger partial charge on any atom is 0.375 e. The van der Waals surface area contributed by atoms with Crippen LogP contribution in [-0.2, 0) is 24.6 Å². The maximum atomic E-state index is 13.2. The van der Waals surface area contributed by atoms with Crippen molar-refractivity contribution in [2.24, 2.45) is 0 Å². The minimum Gasteiger partial charge on any atom is -0.508 e. The summed E-state index contributed by atoms with van der Waals surface area (Å²) in [5.41, 5.74) is -4.75. The molecule has 0 amide bonds. The minimum atomic E-state index is -3.68. The Morgan fingerprint density at radius 2 is 1.60 bits per heavy atom. The lowest BCUT2D eigenvalue weighted by molar-refractivity contribution is -0.440. The van der Waals surface area contributed by atoms with Crippen molar-refractivity contribution in [3.8, 4) is 23.0 Å². The van der Waals surface area contributed by atoms with Gasteiger partial charge in [0.15, 0.2) is 29.7 Å². The Bertz CT molecular complexity index is 1640. The molecule has 0 saturated carbocycles. The van der Waals surface area contributed by atoms with Crippen LogP contribution in [0.25, 0.3) is 11.0 Å². The number of benzene rings is 2. The Kier molecular flexibility index (Phi) is 8.50. The van der Waals surface area contributed by atoms with Crippen molar-refractivity contribution in [3.05, 3.63) is 58.4 Å². The van der Waals surface area contributed by atoms with Crippen LogP contribution in [0.1, 0.15) is 5.56 Å². The highest BCUT2D eigenvalue weighted by atomic mass is 16.8. The summed E-state index contributed by atoms with van der Waals surface area (Å²) in [5, 5.41) is 114. The number of aromatic hydroxyl groups is 3. The van der Waals surface area contributed by atoms with Crippen LogP contribution in [0.4, 0.5) is 0 Å². The summed E-state index contributed by atoms with van der Waals surface area (Å²) in [6.45, 7) is -0.919. The summed E-state index contributed by atoms with van der Waals surface area (Å²) >= 11 is 0. The van der Waals surface area contributed by atoms with Crippen LogP contribution < -0.4 is 10.2 Å². The molecule has 0 bridgehead atoms. The molecule has 18 heteroatoms. The zero-order valence-electron chi connectivity index (χ0n) is 22.6. The first kappa shape index (κ1) is 32.5. The van der Waals surface area contributed by atoms with Crippen molar-refractivity contribution in [3.63, 3.8) is 0 Å². The number of phenols is 3. The molecule has 2 aromatic carbocycles. The highest BCUT2D eigenvalue weighted by molar-refractivity contribution is 5.83. The van der Waals surface area contributed by atoms with E-state index >= 15 is 0 Å². The fraction of sp³-hybridized carbons (Fsp3) is 0.407. The number of rotatable bonds is 6. The van der Waals surface area contributed by atoms with E-state index in [1.54, 1.807) is 0 Å². The SMILES string of the molecule is O=C(Oc1coc2cc(O)ccc2c1=O)C1(O)OC(OC2OC(CO)C(O)C(O)C2O)C(O)(c2ccc(O)c(O)c2)C(O)C1O. The van der Waals surface area contributed by atoms with Crippen LogP contribution in [0, 0.1) is 0 Å². The molecule has 3 heterocycles. The number of esters is 1. The molecular formula is C27H28O18. The van der Waals surface area contributed by atoms with Crippen molar-refractivity contribution in [2.45, 2.75) is 60.6 Å². The molecule has 10 unspecified atom stereocenters. The molecule has 0 radical (unpaired) electrons. The van der Waals surface area contributed by atoms with Crippen molar-refractivity contribution < 1.29 is 84.3 Å². The second-order valence-electron chi connectivity index (χ2n) is 10.4. The predicted molar refractivity (Wildman–Crippen MR) is 140 cm³/mol. The summed E-state index contributed by atoms with van der Waals surface area (Å²) < 4.78 is 26.0. The predicted octanol–water partition coefficient (Wildman–Crippen LogP) is -3.71. The van der Waals surface area contributed by atoms with Gasteiger partial charge in [0.1, 0.15) is 54.2 Å². The van der Waals surface area contributed by atoms with Crippen molar-refractivity contribution in [1.29, 1.82) is 0 Å². The molecule has 5 rings (SSSR count). The van der Waals surface area contributed by atoms with Crippen molar-refractivity contribution >= 4 is 16.9 Å². The number of carbonyl (C=O) groups excluding carboxylic acids is 1. The van der Waals surface area contributed by atoms with Gasteiger partial charge in [0.2, 0.25) is 11.2 Å². The molecule has 244 valence electrons. The second-order valence-corrected chi connectivity index (χ2v) is 10.4. The fourth-order valence-electron chi connectivity index (χ4n) is 4.94. The number of carbonyl (C=O) groups is 1. The van der Waals surface area contributed by atoms with Gasteiger partial charge >= 0.3 is 5.97 Å². The lowest BCUT2D eigenvalue weighted by Gasteiger charge is -2.51. The third-order valence-electron chi connectivity index (χ3n) is 7.56. The summed E-state index contributed by atoms with van der Waals surface area (Å²) in [6, 6.07) is 5.81. The zero-order valence-corrected chi connectivity index (χ0v) is 22.6. The minimum absolute atomic E-state index is 0.113. The number of hydrogen-bond acceptors (Lipinski definition) is 18. The Morgan fingerprint density at radius 1 is 0.889 bits per heavy atom. The Morgan fingerprint density at radius 3 is 2.27 bits per heavy atom. The van der Waals surface area contributed by atoms with Crippen LogP contribution in [0.3, 0.4) is 0 Å². The number of ether oxygens (including phenoxy) is 4. The van der Waals surface area contributed by atoms with Gasteiger partial charge in [0.25, 0.3) is 5.79 Å². The molecule has 2 saturated heterocycles. The fourth-order valence-corrected chi connectivity index (χ4v) is 4.94. The van der Waals surface area contributed by atoms with E-state index < -0.39 is 101 Å². The number of fused-ring (bicyclic) bond motifs is 1. The first-order valence-electron chi connectivity index (χ1n) is 13.1. The zero-order chi connectivity index (χ0) is 33.0. The average molecular weight is 641 g/mol. The summed E-state index contributed by atoms with van der Waals surface area (Å²) in [6.07, 6.45) is -17.2. The third-order valence-corrected chi connectivity index (χ3v) is 7.56. The topological polar surface area (TPSA) is 307 Å². The van der Waals surface area contributed by atoms with Gasteiger partial charge in [-0.15, -0.1) is 0 Å². The molecule has 10 atom stereocenters. The summed E-state index contributed by atoms with van der Waals surface area (Å²) in [4.78, 5) is 26.1. The first-order chi connectivity index (χ1) is 21.1. The molecule has 0 aliphatic carbocycles. The molecule has 2 aliphatic rings. The Balaban J connectivity index is 1.54. The van der Waals surface area contributed by atoms with E-state index in [-0.39, 0.29) is 16.7 Å². The van der Waals surface area contributed by atoms with Crippen molar-refractivity contribution in [2.75, 3.05) is 6.61 Å². The molecule has 1 aromatic heterocycles. The number of aliphatic hydroxyl groups excluding tert-OH is 6. The largest absolute Gasteiger partial charge is 0.508 e. The molecule has 0 spiro atoms. The lowest BCUT2D eigenvalue weighted by atomic mass is 9.79. The number of phenolic OH excluding ortho intramolecular Hbond substituents is 3. The van der Waals surface area contributed by atoms with Gasteiger partial charge in [-0.2, -0.15) is 0 Å². The van der Waals surface area contributed by atoms with E-state index in [9.17, 15) is 65.8 Å². The molecule has 2 fully saturated rings. The van der Waals surface area contributed by atoms with Crippen LogP contribution in [0.15, 0.2) is 51.9 Å². The highest BCUT2D eigenvalue weighted by Crippen LogP contribution is 2.45. The van der Waals surface area contributed by atoms with E-state index in [0.29, 0.717) is 12.3 Å². The van der Waals surface area contributed by atoms with Gasteiger partial charge in [0, 0.05) is 6.07 Å². The smallest absolute Gasteiger partial charge is 0.375 e. The van der Waals surface area contributed by atoms with Crippen LogP contribution in [0.5, 0.6) is 23.0 Å². The van der Waals surface area contributed by atoms with E-state index in [1.165, 1.54) is 0 Å². The van der Waals surface area contributed by atoms with Gasteiger partial charge in [-0.25, -0.2) is 4.79 Å². The molecule has 45 heavy (non-hydrogen) atoms. The normalized spacial score (nSPS) is 35.3. The maximum absolute atomic E-state index is 13.2. The number of hydrogen-bond donors (Lipinski definition) is 11. The van der Waals surface area contributed by atoms with Crippen LogP contribution >= 0.6 is 0 Å². The Labute approximate surface area is 250 Å². The summed E-state index contributed by atoms with van der Waals surface area (Å²) in [5.74, 6) is -8.29. The number of aliphatic hydroxyl groups is 8. The quantitative estimate of drug-likeness (QED) is 0.0911. The van der Waals surface area contributed by atoms with Crippen LogP contribution in [-0.4, -0.2) is 124 Å². The van der Waals surface area contributed by atoms with Crippen LogP contribution in [0.2, 0.25) is 0 Å². The van der Waals surface area contributed by atoms with E-state index in [2.05, 4.69) is 0 Å². The van der Waals surface area contributed by atoms with Gasteiger partial charge in [0.05, 0.1) is 12.0 Å². The van der Waals surface area contributed by atoms with E-state index in [0.717, 1.165) is 30.3 Å². The second kappa shape index (κ2) is 11.8. The standard InChI is InChI=1S/C27H28O18/c28-7-15-18(33)19(34)20(35)23(42-15)44-25-26(39,9-1-4-12(30)13(31)5-9)21(36)22(37)27(40,45-25)24(38)43-16-8-41-14-6-10(29)2-3-11(14)17(16)32/h1-6,8,15,18-23,25,28-31,33-37,39-40H,7H2. The van der Waals surface area contributed by atoms with E-state index in [4.69, 9.17) is 23.4 Å².